The predicted octanol–water partition coefficient (Wildman–Crippen LogP) is -0.848. The Labute approximate surface area is 65.2 Å². The van der Waals surface area contributed by atoms with Crippen molar-refractivity contribution in [2.75, 3.05) is 6.16 Å². The van der Waals surface area contributed by atoms with Crippen LogP contribution in [0.5, 0.6) is 0 Å². The van der Waals surface area contributed by atoms with Crippen LogP contribution in [0.25, 0.3) is 0 Å². The number of carbonyl (C=O) groups is 2. The van der Waals surface area contributed by atoms with Crippen molar-refractivity contribution >= 4 is 21.2 Å². The summed E-state index contributed by atoms with van der Waals surface area (Å²) in [5.41, 5.74) is -2.16. The Balaban J connectivity index is 4.34. The maximum absolute atomic E-state index is 10.3. The van der Waals surface area contributed by atoms with Crippen LogP contribution in [-0.4, -0.2) is 39.0 Å². The first kappa shape index (κ1) is 10.3. The first-order valence-electron chi connectivity index (χ1n) is 2.80. The molecule has 0 amide bonds. The predicted molar refractivity (Wildman–Crippen MR) is 39.4 cm³/mol. The average Bonchev–Trinajstić information content (AvgIpc) is 1.86. The van der Waals surface area contributed by atoms with Crippen LogP contribution in [-0.2, 0) is 9.59 Å². The zero-order valence-corrected chi connectivity index (χ0v) is 6.80. The highest BCUT2D eigenvalue weighted by Crippen LogP contribution is 2.13. The molecule has 0 fully saturated rings. The molecule has 0 aromatic rings. The number of rotatable bonds is 4. The second-order valence-electron chi connectivity index (χ2n) is 2.11. The second-order valence-corrected chi connectivity index (χ2v) is 2.52. The van der Waals surface area contributed by atoms with E-state index in [-0.39, 0.29) is 6.16 Å². The summed E-state index contributed by atoms with van der Waals surface area (Å²) in [7, 11) is 1.99. The molecule has 0 aliphatic rings. The maximum atomic E-state index is 10.3. The van der Waals surface area contributed by atoms with Crippen LogP contribution >= 0.6 is 9.24 Å². The number of hydrogen-bond donors (Lipinski definition) is 3. The zero-order chi connectivity index (χ0) is 9.07. The van der Waals surface area contributed by atoms with Gasteiger partial charge in [0, 0.05) is 6.16 Å². The largest absolute Gasteiger partial charge is 0.481 e. The second kappa shape index (κ2) is 3.64. The van der Waals surface area contributed by atoms with Crippen molar-refractivity contribution in [3.63, 3.8) is 0 Å². The fourth-order valence-electron chi connectivity index (χ4n) is 0.485. The van der Waals surface area contributed by atoms with Crippen molar-refractivity contribution in [2.45, 2.75) is 12.0 Å². The van der Waals surface area contributed by atoms with Gasteiger partial charge in [-0.1, -0.05) is 0 Å². The van der Waals surface area contributed by atoms with Gasteiger partial charge < -0.3 is 15.3 Å². The van der Waals surface area contributed by atoms with Gasteiger partial charge in [0.25, 0.3) is 0 Å². The normalized spacial score (nSPS) is 15.5. The van der Waals surface area contributed by atoms with Crippen molar-refractivity contribution in [2.24, 2.45) is 0 Å². The molecule has 0 saturated carbocycles. The minimum Gasteiger partial charge on any atom is -0.481 e. The van der Waals surface area contributed by atoms with Gasteiger partial charge in [-0.2, -0.15) is 0 Å². The zero-order valence-electron chi connectivity index (χ0n) is 5.65. The van der Waals surface area contributed by atoms with E-state index in [1.807, 2.05) is 9.24 Å². The van der Waals surface area contributed by atoms with Gasteiger partial charge in [0.15, 0.2) is 5.60 Å². The van der Waals surface area contributed by atoms with E-state index in [0.717, 1.165) is 0 Å². The quantitative estimate of drug-likeness (QED) is 0.490. The number of aliphatic hydroxyl groups is 1. The topological polar surface area (TPSA) is 94.8 Å². The Kier molecular flexibility index (Phi) is 3.42. The molecule has 0 rings (SSSR count). The minimum absolute atomic E-state index is 0.200. The van der Waals surface area contributed by atoms with Crippen molar-refractivity contribution < 1.29 is 24.9 Å². The summed E-state index contributed by atoms with van der Waals surface area (Å²) in [6, 6.07) is 0. The molecule has 0 saturated heterocycles. The summed E-state index contributed by atoms with van der Waals surface area (Å²) in [6.45, 7) is 0. The fraction of sp³-hybridized carbons (Fsp3) is 0.600. The molecular weight excluding hydrogens is 171 g/mol. The van der Waals surface area contributed by atoms with Crippen LogP contribution in [0.3, 0.4) is 0 Å². The third kappa shape index (κ3) is 2.82. The van der Waals surface area contributed by atoms with Gasteiger partial charge >= 0.3 is 11.9 Å². The van der Waals surface area contributed by atoms with Crippen LogP contribution in [0, 0.1) is 0 Å². The number of carboxylic acids is 2. The van der Waals surface area contributed by atoms with E-state index >= 15 is 0 Å². The number of hydrogen-bond acceptors (Lipinski definition) is 3. The van der Waals surface area contributed by atoms with Crippen LogP contribution in [0.4, 0.5) is 0 Å². The molecule has 64 valence electrons. The van der Waals surface area contributed by atoms with Crippen molar-refractivity contribution in [3.05, 3.63) is 0 Å². The molecule has 2 atom stereocenters. The molecule has 0 aliphatic heterocycles. The number of aliphatic carboxylic acids is 2. The highest BCUT2D eigenvalue weighted by Gasteiger charge is 2.36. The van der Waals surface area contributed by atoms with Gasteiger partial charge in [0.1, 0.15) is 0 Å². The van der Waals surface area contributed by atoms with Crippen molar-refractivity contribution in [3.8, 4) is 0 Å². The highest BCUT2D eigenvalue weighted by molar-refractivity contribution is 7.16. The average molecular weight is 180 g/mol. The van der Waals surface area contributed by atoms with E-state index in [2.05, 4.69) is 0 Å². The van der Waals surface area contributed by atoms with E-state index in [1.54, 1.807) is 0 Å². The molecule has 2 unspecified atom stereocenters. The number of carboxylic acid groups (broad SMARTS) is 2. The Bertz CT molecular complexity index is 180. The fourth-order valence-corrected chi connectivity index (χ4v) is 0.804. The van der Waals surface area contributed by atoms with E-state index < -0.39 is 24.0 Å². The monoisotopic (exact) mass is 180 g/mol. The Hall–Kier alpha value is -0.670. The molecule has 0 bridgehead atoms. The summed E-state index contributed by atoms with van der Waals surface area (Å²) in [5.74, 6) is -2.85. The lowest BCUT2D eigenvalue weighted by Crippen LogP contribution is -2.42. The Morgan fingerprint density at radius 2 is 1.82 bits per heavy atom. The third-order valence-electron chi connectivity index (χ3n) is 1.18. The lowest BCUT2D eigenvalue weighted by molar-refractivity contribution is -0.162. The summed E-state index contributed by atoms with van der Waals surface area (Å²) < 4.78 is 0. The molecule has 0 radical (unpaired) electrons. The summed E-state index contributed by atoms with van der Waals surface area (Å²) >= 11 is 0. The van der Waals surface area contributed by atoms with E-state index in [0.29, 0.717) is 0 Å². The van der Waals surface area contributed by atoms with Crippen LogP contribution < -0.4 is 0 Å². The first-order chi connectivity index (χ1) is 4.92. The Morgan fingerprint density at radius 1 is 1.36 bits per heavy atom. The van der Waals surface area contributed by atoms with Gasteiger partial charge in [0.05, 0.1) is 6.42 Å². The van der Waals surface area contributed by atoms with Gasteiger partial charge in [-0.15, -0.1) is 9.24 Å². The van der Waals surface area contributed by atoms with Crippen molar-refractivity contribution in [1.82, 2.24) is 0 Å². The first-order valence-corrected chi connectivity index (χ1v) is 3.61. The van der Waals surface area contributed by atoms with Crippen LogP contribution in [0.2, 0.25) is 0 Å². The molecule has 3 N–H and O–H groups in total. The van der Waals surface area contributed by atoms with Crippen LogP contribution in [0.15, 0.2) is 0 Å². The van der Waals surface area contributed by atoms with Crippen LogP contribution in [0.1, 0.15) is 6.42 Å². The van der Waals surface area contributed by atoms with E-state index in [1.165, 1.54) is 0 Å². The third-order valence-corrected chi connectivity index (χ3v) is 1.85. The van der Waals surface area contributed by atoms with Gasteiger partial charge in [-0.25, -0.2) is 4.79 Å². The van der Waals surface area contributed by atoms with Gasteiger partial charge in [-0.05, 0) is 0 Å². The molecule has 0 heterocycles. The Morgan fingerprint density at radius 3 is 1.91 bits per heavy atom. The minimum atomic E-state index is -2.16. The molecule has 6 heteroatoms. The van der Waals surface area contributed by atoms with E-state index in [4.69, 9.17) is 15.3 Å². The lowest BCUT2D eigenvalue weighted by Gasteiger charge is -2.18. The highest BCUT2D eigenvalue weighted by atomic mass is 31.0. The SMILES string of the molecule is O=C(O)CC(O)(CP)C(=O)O. The van der Waals surface area contributed by atoms with Gasteiger partial charge in [0.2, 0.25) is 0 Å². The summed E-state index contributed by atoms with van der Waals surface area (Å²) in [5, 5.41) is 25.6. The molecule has 0 spiro atoms. The molecule has 0 aromatic carbocycles. The summed E-state index contributed by atoms with van der Waals surface area (Å²) in [4.78, 5) is 20.3. The molecule has 0 aliphatic carbocycles. The molecule has 5 nitrogen and oxygen atoms in total. The lowest BCUT2D eigenvalue weighted by atomic mass is 10.0. The summed E-state index contributed by atoms with van der Waals surface area (Å²) in [6.07, 6.45) is -0.986. The molecular formula is C5H9O5P. The van der Waals surface area contributed by atoms with Gasteiger partial charge in [-0.3, -0.25) is 4.79 Å². The van der Waals surface area contributed by atoms with E-state index in [9.17, 15) is 9.59 Å². The molecule has 0 aromatic heterocycles. The molecule has 11 heavy (non-hydrogen) atoms. The van der Waals surface area contributed by atoms with Crippen molar-refractivity contribution in [1.29, 1.82) is 0 Å². The standard InChI is InChI=1S/C5H9O5P/c6-3(7)1-5(10,2-11)4(8)9/h10H,1-2,11H2,(H,6,7)(H,8,9). The maximum Gasteiger partial charge on any atom is 0.336 e. The smallest absolute Gasteiger partial charge is 0.336 e.